The SMILES string of the molecule is COc1ccc(COC(=O)C(c2ccccc2Cl)(c2ccccc2Cl)N2C[C@H](CO)[C@@H](c3ccccc3)C2)cc1. The number of rotatable bonds is 9. The molecule has 2 atom stereocenters. The van der Waals surface area contributed by atoms with E-state index in [0.717, 1.165) is 16.9 Å². The average molecular weight is 577 g/mol. The molecule has 1 aliphatic heterocycles. The zero-order valence-corrected chi connectivity index (χ0v) is 23.7. The van der Waals surface area contributed by atoms with Gasteiger partial charge in [-0.05, 0) is 35.4 Å². The number of methoxy groups -OCH3 is 1. The first-order chi connectivity index (χ1) is 19.5. The number of halogens is 2. The molecule has 5 rings (SSSR count). The standard InChI is InChI=1S/C33H31Cl2NO4/c1-39-26-17-15-23(16-18-26)22-40-32(38)33(28-11-5-7-13-30(28)34,29-12-6-8-14-31(29)35)36-19-25(21-37)27(20-36)24-9-3-2-4-10-24/h2-18,25,27,37H,19-22H2,1H3/t25-,27-/m1/s1. The van der Waals surface area contributed by atoms with E-state index in [1.54, 1.807) is 19.2 Å². The summed E-state index contributed by atoms with van der Waals surface area (Å²) in [5.74, 6) is 0.108. The average Bonchev–Trinajstić information content (AvgIpc) is 3.43. The highest BCUT2D eigenvalue weighted by Gasteiger charge is 2.54. The van der Waals surface area contributed by atoms with E-state index >= 15 is 0 Å². The summed E-state index contributed by atoms with van der Waals surface area (Å²) in [4.78, 5) is 16.7. The van der Waals surface area contributed by atoms with Crippen LogP contribution in [0.2, 0.25) is 10.0 Å². The Kier molecular flexibility index (Phi) is 8.77. The fraction of sp³-hybridized carbons (Fsp3) is 0.242. The van der Waals surface area contributed by atoms with E-state index in [4.69, 9.17) is 32.7 Å². The second-order valence-electron chi connectivity index (χ2n) is 9.96. The van der Waals surface area contributed by atoms with E-state index in [1.807, 2.05) is 78.9 Å². The molecular weight excluding hydrogens is 545 g/mol. The lowest BCUT2D eigenvalue weighted by Gasteiger charge is -2.41. The monoisotopic (exact) mass is 575 g/mol. The summed E-state index contributed by atoms with van der Waals surface area (Å²) in [7, 11) is 1.61. The summed E-state index contributed by atoms with van der Waals surface area (Å²) in [5, 5.41) is 11.3. The van der Waals surface area contributed by atoms with Gasteiger partial charge in [0.15, 0.2) is 5.54 Å². The van der Waals surface area contributed by atoms with Crippen LogP contribution in [-0.4, -0.2) is 42.8 Å². The second kappa shape index (κ2) is 12.4. The molecule has 4 aromatic rings. The number of esters is 1. The van der Waals surface area contributed by atoms with Gasteiger partial charge in [0, 0.05) is 52.7 Å². The maximum Gasteiger partial charge on any atom is 0.336 e. The number of aliphatic hydroxyl groups is 1. The van der Waals surface area contributed by atoms with E-state index < -0.39 is 11.5 Å². The molecule has 7 heteroatoms. The Labute approximate surface area is 244 Å². The molecule has 40 heavy (non-hydrogen) atoms. The maximum atomic E-state index is 14.6. The fourth-order valence-corrected chi connectivity index (χ4v) is 6.27. The first-order valence-corrected chi connectivity index (χ1v) is 14.0. The predicted molar refractivity (Wildman–Crippen MR) is 158 cm³/mol. The maximum absolute atomic E-state index is 14.6. The van der Waals surface area contributed by atoms with E-state index in [2.05, 4.69) is 17.0 Å². The van der Waals surface area contributed by atoms with Gasteiger partial charge in [-0.1, -0.05) is 102 Å². The number of ether oxygens (including phenoxy) is 2. The van der Waals surface area contributed by atoms with Gasteiger partial charge in [0.2, 0.25) is 0 Å². The van der Waals surface area contributed by atoms with Gasteiger partial charge in [-0.3, -0.25) is 4.90 Å². The molecule has 0 saturated carbocycles. The van der Waals surface area contributed by atoms with Crippen LogP contribution in [0.5, 0.6) is 5.75 Å². The van der Waals surface area contributed by atoms with Crippen LogP contribution >= 0.6 is 23.2 Å². The lowest BCUT2D eigenvalue weighted by atomic mass is 9.80. The third-order valence-electron chi connectivity index (χ3n) is 7.73. The molecule has 1 heterocycles. The van der Waals surface area contributed by atoms with Crippen molar-refractivity contribution in [3.63, 3.8) is 0 Å². The molecule has 0 aliphatic carbocycles. The third-order valence-corrected chi connectivity index (χ3v) is 8.39. The molecule has 0 aromatic heterocycles. The number of carbonyl (C=O) groups is 1. The molecule has 1 fully saturated rings. The minimum atomic E-state index is -1.46. The summed E-state index contributed by atoms with van der Waals surface area (Å²) >= 11 is 13.7. The van der Waals surface area contributed by atoms with Crippen LogP contribution in [0.1, 0.15) is 28.2 Å². The number of likely N-dealkylation sites (tertiary alicyclic amines) is 1. The molecule has 206 valence electrons. The number of carbonyl (C=O) groups excluding carboxylic acids is 1. The van der Waals surface area contributed by atoms with Crippen LogP contribution < -0.4 is 4.74 Å². The van der Waals surface area contributed by atoms with Gasteiger partial charge in [0.25, 0.3) is 0 Å². The predicted octanol–water partition coefficient (Wildman–Crippen LogP) is 6.70. The molecule has 0 unspecified atom stereocenters. The van der Waals surface area contributed by atoms with Crippen LogP contribution in [0.25, 0.3) is 0 Å². The van der Waals surface area contributed by atoms with Gasteiger partial charge in [-0.2, -0.15) is 0 Å². The van der Waals surface area contributed by atoms with Crippen molar-refractivity contribution in [1.29, 1.82) is 0 Å². The van der Waals surface area contributed by atoms with Gasteiger partial charge in [-0.15, -0.1) is 0 Å². The highest BCUT2D eigenvalue weighted by molar-refractivity contribution is 6.33. The molecule has 0 radical (unpaired) electrons. The summed E-state index contributed by atoms with van der Waals surface area (Å²) < 4.78 is 11.4. The molecular formula is C33H31Cl2NO4. The van der Waals surface area contributed by atoms with Crippen LogP contribution in [-0.2, 0) is 21.7 Å². The van der Waals surface area contributed by atoms with Crippen molar-refractivity contribution in [3.8, 4) is 5.75 Å². The van der Waals surface area contributed by atoms with E-state index in [1.165, 1.54) is 0 Å². The highest BCUT2D eigenvalue weighted by Crippen LogP contribution is 2.48. The second-order valence-corrected chi connectivity index (χ2v) is 10.8. The molecule has 1 saturated heterocycles. The molecule has 0 amide bonds. The number of nitrogens with zero attached hydrogens (tertiary/aromatic N) is 1. The van der Waals surface area contributed by atoms with Gasteiger partial charge in [0.05, 0.1) is 7.11 Å². The smallest absolute Gasteiger partial charge is 0.336 e. The Morgan fingerprint density at radius 2 is 1.43 bits per heavy atom. The number of hydrogen-bond donors (Lipinski definition) is 1. The van der Waals surface area contributed by atoms with E-state index in [-0.39, 0.29) is 25.0 Å². The molecule has 4 aromatic carbocycles. The number of benzene rings is 4. The molecule has 1 aliphatic rings. The Hall–Kier alpha value is -3.35. The van der Waals surface area contributed by atoms with Crippen LogP contribution in [0.3, 0.4) is 0 Å². The normalized spacial score (nSPS) is 17.5. The van der Waals surface area contributed by atoms with Crippen LogP contribution in [0, 0.1) is 5.92 Å². The van der Waals surface area contributed by atoms with Gasteiger partial charge < -0.3 is 14.6 Å². The minimum Gasteiger partial charge on any atom is -0.497 e. The summed E-state index contributed by atoms with van der Waals surface area (Å²) in [6.45, 7) is 0.949. The van der Waals surface area contributed by atoms with Crippen LogP contribution in [0.4, 0.5) is 0 Å². The molecule has 5 nitrogen and oxygen atoms in total. The summed E-state index contributed by atoms with van der Waals surface area (Å²) in [5.41, 5.74) is 1.62. The van der Waals surface area contributed by atoms with Crippen molar-refractivity contribution in [2.24, 2.45) is 5.92 Å². The van der Waals surface area contributed by atoms with Crippen molar-refractivity contribution >= 4 is 29.2 Å². The molecule has 0 bridgehead atoms. The Morgan fingerprint density at radius 3 is 1.98 bits per heavy atom. The van der Waals surface area contributed by atoms with Crippen LogP contribution in [0.15, 0.2) is 103 Å². The highest BCUT2D eigenvalue weighted by atomic mass is 35.5. The van der Waals surface area contributed by atoms with Crippen molar-refractivity contribution in [1.82, 2.24) is 4.90 Å². The van der Waals surface area contributed by atoms with Gasteiger partial charge in [-0.25, -0.2) is 4.79 Å². The Balaban J connectivity index is 1.64. The third kappa shape index (κ3) is 5.35. The fourth-order valence-electron chi connectivity index (χ4n) is 5.73. The largest absolute Gasteiger partial charge is 0.497 e. The van der Waals surface area contributed by atoms with Gasteiger partial charge in [0.1, 0.15) is 12.4 Å². The van der Waals surface area contributed by atoms with Gasteiger partial charge >= 0.3 is 5.97 Å². The Morgan fingerprint density at radius 1 is 0.850 bits per heavy atom. The molecule has 1 N–H and O–H groups in total. The van der Waals surface area contributed by atoms with Crippen molar-refractivity contribution in [2.75, 3.05) is 26.8 Å². The quantitative estimate of drug-likeness (QED) is 0.225. The number of aliphatic hydroxyl groups excluding tert-OH is 1. The number of hydrogen-bond acceptors (Lipinski definition) is 5. The minimum absolute atomic E-state index is 0.00932. The van der Waals surface area contributed by atoms with Crippen molar-refractivity contribution in [2.45, 2.75) is 18.1 Å². The zero-order chi connectivity index (χ0) is 28.1. The summed E-state index contributed by atoms with van der Waals surface area (Å²) in [6.07, 6.45) is 0. The molecule has 0 spiro atoms. The summed E-state index contributed by atoms with van der Waals surface area (Å²) in [6, 6.07) is 32.1. The van der Waals surface area contributed by atoms with E-state index in [0.29, 0.717) is 34.3 Å². The first-order valence-electron chi connectivity index (χ1n) is 13.2. The van der Waals surface area contributed by atoms with Crippen molar-refractivity contribution in [3.05, 3.63) is 135 Å². The lowest BCUT2D eigenvalue weighted by molar-refractivity contribution is -0.157. The van der Waals surface area contributed by atoms with Crippen molar-refractivity contribution < 1.29 is 19.4 Å². The zero-order valence-electron chi connectivity index (χ0n) is 22.2. The first kappa shape index (κ1) is 28.2. The van der Waals surface area contributed by atoms with E-state index in [9.17, 15) is 9.90 Å². The lowest BCUT2D eigenvalue weighted by Crippen LogP contribution is -2.53. The Bertz CT molecular complexity index is 1400. The topological polar surface area (TPSA) is 59.0 Å².